The van der Waals surface area contributed by atoms with Crippen molar-refractivity contribution in [3.8, 4) is 10.9 Å². The number of hydrogen-bond acceptors (Lipinski definition) is 5. The third-order valence-electron chi connectivity index (χ3n) is 2.07. The van der Waals surface area contributed by atoms with E-state index in [1.165, 1.54) is 6.07 Å². The number of rotatable bonds is 2. The normalized spacial score (nSPS) is 11.6. The van der Waals surface area contributed by atoms with Crippen molar-refractivity contribution in [3.63, 3.8) is 0 Å². The predicted molar refractivity (Wildman–Crippen MR) is 60.6 cm³/mol. The largest absolute Gasteiger partial charge is 0.452 e. The second-order valence-electron chi connectivity index (χ2n) is 3.51. The van der Waals surface area contributed by atoms with Crippen molar-refractivity contribution in [1.82, 2.24) is 9.36 Å². The Morgan fingerprint density at radius 3 is 2.67 bits per heavy atom. The zero-order chi connectivity index (χ0) is 13.3. The van der Waals surface area contributed by atoms with Gasteiger partial charge >= 0.3 is 6.18 Å². The lowest BCUT2D eigenvalue weighted by molar-refractivity contribution is -0.144. The number of ether oxygens (including phenoxy) is 1. The molecule has 8 heteroatoms. The average molecular weight is 275 g/mol. The third-order valence-corrected chi connectivity index (χ3v) is 2.67. The number of alkyl halides is 3. The molecule has 0 fully saturated rings. The van der Waals surface area contributed by atoms with E-state index in [4.69, 9.17) is 10.5 Å². The molecule has 0 spiro atoms. The molecule has 1 aromatic heterocycles. The number of benzene rings is 1. The van der Waals surface area contributed by atoms with E-state index in [-0.39, 0.29) is 5.19 Å². The molecule has 0 atom stereocenters. The minimum Gasteiger partial charge on any atom is -0.429 e. The first-order chi connectivity index (χ1) is 8.36. The summed E-state index contributed by atoms with van der Waals surface area (Å²) in [7, 11) is 0. The summed E-state index contributed by atoms with van der Waals surface area (Å²) >= 11 is 0.542. The zero-order valence-electron chi connectivity index (χ0n) is 9.15. The van der Waals surface area contributed by atoms with Gasteiger partial charge in [-0.05, 0) is 18.6 Å². The molecule has 2 rings (SSSR count). The van der Waals surface area contributed by atoms with Gasteiger partial charge in [-0.2, -0.15) is 22.5 Å². The fourth-order valence-electron chi connectivity index (χ4n) is 1.19. The van der Waals surface area contributed by atoms with Crippen molar-refractivity contribution < 1.29 is 17.9 Å². The number of hydrogen-bond donors (Lipinski definition) is 1. The highest BCUT2D eigenvalue weighted by molar-refractivity contribution is 7.07. The minimum atomic E-state index is -4.57. The number of aryl methyl sites for hydroxylation is 1. The number of anilines is 1. The maximum absolute atomic E-state index is 12.3. The molecule has 18 heavy (non-hydrogen) atoms. The summed E-state index contributed by atoms with van der Waals surface area (Å²) in [5.41, 5.74) is 6.76. The first-order valence-electron chi connectivity index (χ1n) is 4.81. The van der Waals surface area contributed by atoms with Crippen LogP contribution in [0, 0.1) is 6.92 Å². The molecule has 0 amide bonds. The molecule has 2 N–H and O–H groups in total. The third kappa shape index (κ3) is 2.70. The van der Waals surface area contributed by atoms with E-state index < -0.39 is 12.0 Å². The number of nitrogen functional groups attached to an aromatic ring is 1. The Balaban J connectivity index is 2.24. The highest BCUT2D eigenvalue weighted by Gasteiger charge is 2.36. The molecule has 0 aliphatic rings. The summed E-state index contributed by atoms with van der Waals surface area (Å²) in [6.07, 6.45) is -4.57. The molecule has 0 saturated carbocycles. The van der Waals surface area contributed by atoms with Gasteiger partial charge in [0.15, 0.2) is 0 Å². The van der Waals surface area contributed by atoms with Gasteiger partial charge in [0, 0.05) is 23.3 Å². The highest BCUT2D eigenvalue weighted by atomic mass is 32.1. The van der Waals surface area contributed by atoms with Crippen LogP contribution in [0.25, 0.3) is 0 Å². The molecule has 96 valence electrons. The standard InChI is InChI=1S/C10H8F3N3OS/c1-5-2-3-6(14)4-7(5)17-9-15-8(16-18-9)10(11,12)13/h2-4H,14H2,1H3. The van der Waals surface area contributed by atoms with Gasteiger partial charge in [-0.15, -0.1) is 0 Å². The van der Waals surface area contributed by atoms with Gasteiger partial charge in [-0.1, -0.05) is 6.07 Å². The van der Waals surface area contributed by atoms with Crippen LogP contribution in [-0.2, 0) is 6.18 Å². The lowest BCUT2D eigenvalue weighted by atomic mass is 10.2. The van der Waals surface area contributed by atoms with Crippen molar-refractivity contribution >= 4 is 17.2 Å². The van der Waals surface area contributed by atoms with Crippen molar-refractivity contribution in [2.45, 2.75) is 13.1 Å². The molecule has 0 saturated heterocycles. The maximum Gasteiger partial charge on any atom is 0.452 e. The Morgan fingerprint density at radius 1 is 1.33 bits per heavy atom. The van der Waals surface area contributed by atoms with Crippen LogP contribution in [0.15, 0.2) is 18.2 Å². The fraction of sp³-hybridized carbons (Fsp3) is 0.200. The van der Waals surface area contributed by atoms with Gasteiger partial charge in [-0.25, -0.2) is 0 Å². The smallest absolute Gasteiger partial charge is 0.429 e. The molecule has 0 radical (unpaired) electrons. The molecular weight excluding hydrogens is 267 g/mol. The van der Waals surface area contributed by atoms with Crippen LogP contribution in [0.1, 0.15) is 11.4 Å². The van der Waals surface area contributed by atoms with Crippen LogP contribution in [0.4, 0.5) is 18.9 Å². The molecule has 0 unspecified atom stereocenters. The van der Waals surface area contributed by atoms with Gasteiger partial charge < -0.3 is 10.5 Å². The Hall–Kier alpha value is -1.83. The second kappa shape index (κ2) is 4.45. The van der Waals surface area contributed by atoms with Gasteiger partial charge in [0.2, 0.25) is 0 Å². The average Bonchev–Trinajstić information content (AvgIpc) is 2.71. The van der Waals surface area contributed by atoms with Gasteiger partial charge in [0.25, 0.3) is 11.0 Å². The van der Waals surface area contributed by atoms with Crippen LogP contribution >= 0.6 is 11.5 Å². The SMILES string of the molecule is Cc1ccc(N)cc1Oc1nc(C(F)(F)F)ns1. The first kappa shape index (κ1) is 12.6. The zero-order valence-corrected chi connectivity index (χ0v) is 9.97. The van der Waals surface area contributed by atoms with Crippen molar-refractivity contribution in [1.29, 1.82) is 0 Å². The van der Waals surface area contributed by atoms with Crippen LogP contribution < -0.4 is 10.5 Å². The Labute approximate surface area is 104 Å². The molecule has 0 bridgehead atoms. The highest BCUT2D eigenvalue weighted by Crippen LogP contribution is 2.33. The number of aromatic nitrogens is 2. The quantitative estimate of drug-likeness (QED) is 0.855. The summed E-state index contributed by atoms with van der Waals surface area (Å²) < 4.78 is 45.3. The topological polar surface area (TPSA) is 61.0 Å². The molecule has 1 heterocycles. The van der Waals surface area contributed by atoms with E-state index >= 15 is 0 Å². The van der Waals surface area contributed by atoms with Crippen molar-refractivity contribution in [2.75, 3.05) is 5.73 Å². The van der Waals surface area contributed by atoms with E-state index in [0.29, 0.717) is 23.0 Å². The Kier molecular flexibility index (Phi) is 3.12. The maximum atomic E-state index is 12.3. The van der Waals surface area contributed by atoms with Gasteiger partial charge in [0.1, 0.15) is 5.75 Å². The molecule has 0 aliphatic heterocycles. The van der Waals surface area contributed by atoms with Crippen molar-refractivity contribution in [3.05, 3.63) is 29.6 Å². The summed E-state index contributed by atoms with van der Waals surface area (Å²) in [6.45, 7) is 1.75. The monoisotopic (exact) mass is 275 g/mol. The Morgan fingerprint density at radius 2 is 2.06 bits per heavy atom. The van der Waals surface area contributed by atoms with Crippen LogP contribution in [0.2, 0.25) is 0 Å². The van der Waals surface area contributed by atoms with E-state index in [2.05, 4.69) is 9.36 Å². The number of nitrogens with zero attached hydrogens (tertiary/aromatic N) is 2. The van der Waals surface area contributed by atoms with E-state index in [0.717, 1.165) is 5.56 Å². The van der Waals surface area contributed by atoms with Crippen LogP contribution in [0.3, 0.4) is 0 Å². The summed E-state index contributed by atoms with van der Waals surface area (Å²) in [4.78, 5) is 3.27. The summed E-state index contributed by atoms with van der Waals surface area (Å²) in [6, 6.07) is 4.89. The lowest BCUT2D eigenvalue weighted by Crippen LogP contribution is -2.06. The Bertz CT molecular complexity index is 568. The van der Waals surface area contributed by atoms with Crippen LogP contribution in [0.5, 0.6) is 10.9 Å². The van der Waals surface area contributed by atoms with Crippen LogP contribution in [-0.4, -0.2) is 9.36 Å². The van der Waals surface area contributed by atoms with E-state index in [9.17, 15) is 13.2 Å². The van der Waals surface area contributed by atoms with Crippen molar-refractivity contribution in [2.24, 2.45) is 0 Å². The number of nitrogens with two attached hydrogens (primary N) is 1. The molecule has 4 nitrogen and oxygen atoms in total. The van der Waals surface area contributed by atoms with Gasteiger partial charge in [0.05, 0.1) is 0 Å². The summed E-state index contributed by atoms with van der Waals surface area (Å²) in [5.74, 6) is -0.844. The lowest BCUT2D eigenvalue weighted by Gasteiger charge is -2.05. The molecule has 2 aromatic rings. The number of halogens is 3. The van der Waals surface area contributed by atoms with E-state index in [1.54, 1.807) is 19.1 Å². The van der Waals surface area contributed by atoms with Gasteiger partial charge in [-0.3, -0.25) is 0 Å². The second-order valence-corrected chi connectivity index (χ2v) is 4.22. The fourth-order valence-corrected chi connectivity index (χ4v) is 1.75. The molecule has 1 aromatic carbocycles. The summed E-state index contributed by atoms with van der Waals surface area (Å²) in [5, 5.41) is -0.170. The first-order valence-corrected chi connectivity index (χ1v) is 5.58. The molecule has 0 aliphatic carbocycles. The predicted octanol–water partition coefficient (Wildman–Crippen LogP) is 3.24. The minimum absolute atomic E-state index is 0.170. The van der Waals surface area contributed by atoms with E-state index in [1.807, 2.05) is 0 Å². The molecular formula is C10H8F3N3OS.